The van der Waals surface area contributed by atoms with Crippen molar-refractivity contribution in [3.8, 4) is 23.0 Å². The number of halogens is 1. The van der Waals surface area contributed by atoms with Gasteiger partial charge in [0.1, 0.15) is 29.6 Å². The first-order valence-corrected chi connectivity index (χ1v) is 17.5. The third-order valence-electron chi connectivity index (χ3n) is 8.99. The number of amides is 3. The van der Waals surface area contributed by atoms with Crippen LogP contribution in [0.3, 0.4) is 0 Å². The number of esters is 1. The maximum atomic E-state index is 12.9. The van der Waals surface area contributed by atoms with E-state index in [4.69, 9.17) is 41.0 Å². The van der Waals surface area contributed by atoms with E-state index in [-0.39, 0.29) is 27.8 Å². The zero-order chi connectivity index (χ0) is 41.4. The molecule has 18 nitrogen and oxygen atoms in total. The number of aliphatic carboxylic acids is 3. The number of hydrogen-bond acceptors (Lipinski definition) is 12. The third-order valence-corrected chi connectivity index (χ3v) is 9.30. The SMILES string of the molecule is COc1cc2nccc(Oc3ccc(NC(=O)Nc4ccc(O[C@@H]5O[C@@H](COC(C)=O)[C@H](CC(=O)O)[C@H](CC(=O)O)[C@H]5CC(=O)O)cc4)c(Cl)c3)c2cc1C(N)=O. The van der Waals surface area contributed by atoms with Gasteiger partial charge in [0, 0.05) is 54.6 Å². The smallest absolute Gasteiger partial charge is 0.323 e. The topological polar surface area (TPSA) is 272 Å². The Kier molecular flexibility index (Phi) is 13.3. The van der Waals surface area contributed by atoms with Crippen LogP contribution in [0.15, 0.2) is 66.9 Å². The molecule has 1 aromatic heterocycles. The van der Waals surface area contributed by atoms with E-state index in [0.29, 0.717) is 28.1 Å². The standard InChI is InChI=1S/C38H37ClN4O14/c1-18(44)54-17-32-23(14-34(47)48)22(13-33(45)46)24(15-35(49)50)37(57-32)56-20-5-3-19(4-6-20)42-38(52)43-28-8-7-21(11-27(28)39)55-30-9-10-41-29-16-31(53-2)26(36(40)51)12-25(29)30/h3-12,16,22-24,32,37H,13-15,17H2,1-2H3,(H2,40,51)(H,45,46)(H,47,48)(H,49,50)(H2,42,43,52)/t22-,23+,24+,32-,37+/m0/s1. The van der Waals surface area contributed by atoms with Gasteiger partial charge in [-0.1, -0.05) is 11.6 Å². The molecule has 1 fully saturated rings. The number of fused-ring (bicyclic) bond motifs is 1. The highest BCUT2D eigenvalue weighted by atomic mass is 35.5. The Hall–Kier alpha value is -6.66. The van der Waals surface area contributed by atoms with Crippen LogP contribution in [0.4, 0.5) is 16.2 Å². The number of carboxylic acid groups (broad SMARTS) is 3. The van der Waals surface area contributed by atoms with Gasteiger partial charge >= 0.3 is 29.9 Å². The summed E-state index contributed by atoms with van der Waals surface area (Å²) in [5.41, 5.74) is 6.68. The number of hydrogen-bond donors (Lipinski definition) is 6. The fraction of sp³-hybridized carbons (Fsp3) is 0.289. The molecule has 0 radical (unpaired) electrons. The molecule has 1 saturated heterocycles. The first-order valence-electron chi connectivity index (χ1n) is 17.1. The largest absolute Gasteiger partial charge is 0.496 e. The number of rotatable bonds is 16. The lowest BCUT2D eigenvalue weighted by molar-refractivity contribution is -0.237. The van der Waals surface area contributed by atoms with E-state index < -0.39 is 91.8 Å². The van der Waals surface area contributed by atoms with Gasteiger partial charge in [0.25, 0.3) is 5.91 Å². The van der Waals surface area contributed by atoms with Gasteiger partial charge in [-0.05, 0) is 54.4 Å². The summed E-state index contributed by atoms with van der Waals surface area (Å²) < 4.78 is 28.3. The van der Waals surface area contributed by atoms with Crippen molar-refractivity contribution in [1.82, 2.24) is 4.98 Å². The number of aromatic nitrogens is 1. The second-order valence-electron chi connectivity index (χ2n) is 12.8. The normalized spacial score (nSPS) is 18.8. The monoisotopic (exact) mass is 808 g/mol. The molecule has 0 saturated carbocycles. The summed E-state index contributed by atoms with van der Waals surface area (Å²) in [6.07, 6.45) is -2.76. The number of urea groups is 1. The second kappa shape index (κ2) is 18.3. The molecule has 0 unspecified atom stereocenters. The van der Waals surface area contributed by atoms with Crippen molar-refractivity contribution in [2.45, 2.75) is 38.6 Å². The molecule has 5 atom stereocenters. The van der Waals surface area contributed by atoms with E-state index >= 15 is 0 Å². The molecule has 3 amide bonds. The lowest BCUT2D eigenvalue weighted by atomic mass is 9.71. The Balaban J connectivity index is 1.27. The van der Waals surface area contributed by atoms with Gasteiger partial charge in [-0.2, -0.15) is 0 Å². The molecule has 2 heterocycles. The number of carbonyl (C=O) groups is 6. The number of primary amides is 1. The van der Waals surface area contributed by atoms with Crippen molar-refractivity contribution >= 4 is 69.7 Å². The molecule has 0 spiro atoms. The van der Waals surface area contributed by atoms with Crippen LogP contribution in [-0.4, -0.2) is 82.2 Å². The van der Waals surface area contributed by atoms with Gasteiger partial charge in [-0.25, -0.2) is 4.79 Å². The first kappa shape index (κ1) is 41.5. The molecule has 0 bridgehead atoms. The van der Waals surface area contributed by atoms with Crippen molar-refractivity contribution in [3.05, 3.63) is 77.4 Å². The predicted molar refractivity (Wildman–Crippen MR) is 201 cm³/mol. The van der Waals surface area contributed by atoms with Crippen LogP contribution in [0.2, 0.25) is 5.02 Å². The number of carbonyl (C=O) groups excluding carboxylic acids is 3. The first-order chi connectivity index (χ1) is 27.1. The Morgan fingerprint density at radius 1 is 0.825 bits per heavy atom. The van der Waals surface area contributed by atoms with Crippen molar-refractivity contribution < 1.29 is 67.8 Å². The third kappa shape index (κ3) is 10.8. The lowest BCUT2D eigenvalue weighted by Crippen LogP contribution is -2.53. The van der Waals surface area contributed by atoms with E-state index in [2.05, 4.69) is 15.6 Å². The number of pyridine rings is 1. The molecule has 300 valence electrons. The van der Waals surface area contributed by atoms with Crippen LogP contribution in [-0.2, 0) is 28.7 Å². The maximum absolute atomic E-state index is 12.9. The minimum atomic E-state index is -1.37. The van der Waals surface area contributed by atoms with E-state index in [1.807, 2.05) is 0 Å². The van der Waals surface area contributed by atoms with Gasteiger partial charge < -0.3 is 55.4 Å². The van der Waals surface area contributed by atoms with E-state index in [0.717, 1.165) is 6.92 Å². The Labute approximate surface area is 328 Å². The fourth-order valence-corrected chi connectivity index (χ4v) is 6.72. The number of nitrogens with one attached hydrogen (secondary N) is 2. The minimum absolute atomic E-state index is 0.131. The zero-order valence-corrected chi connectivity index (χ0v) is 31.1. The molecule has 1 aliphatic rings. The molecule has 3 aromatic carbocycles. The molecular weight excluding hydrogens is 772 g/mol. The molecule has 0 aliphatic carbocycles. The summed E-state index contributed by atoms with van der Waals surface area (Å²) in [5.74, 6) is -7.35. The Morgan fingerprint density at radius 2 is 1.47 bits per heavy atom. The molecule has 57 heavy (non-hydrogen) atoms. The molecule has 1 aliphatic heterocycles. The highest BCUT2D eigenvalue weighted by Gasteiger charge is 2.49. The van der Waals surface area contributed by atoms with E-state index in [9.17, 15) is 44.1 Å². The zero-order valence-electron chi connectivity index (χ0n) is 30.3. The summed E-state index contributed by atoms with van der Waals surface area (Å²) in [6, 6.07) is 14.4. The van der Waals surface area contributed by atoms with E-state index in [1.54, 1.807) is 18.2 Å². The molecule has 4 aromatic rings. The van der Waals surface area contributed by atoms with Gasteiger partial charge in [0.2, 0.25) is 6.29 Å². The van der Waals surface area contributed by atoms with Crippen LogP contribution in [0, 0.1) is 17.8 Å². The summed E-state index contributed by atoms with van der Waals surface area (Å²) in [5, 5.41) is 34.8. The molecule has 7 N–H and O–H groups in total. The number of ether oxygens (including phenoxy) is 5. The van der Waals surface area contributed by atoms with Gasteiger partial charge in [0.15, 0.2) is 0 Å². The molecule has 5 rings (SSSR count). The quantitative estimate of drug-likeness (QED) is 0.0777. The number of carboxylic acids is 3. The summed E-state index contributed by atoms with van der Waals surface area (Å²) >= 11 is 6.48. The van der Waals surface area contributed by atoms with Crippen LogP contribution >= 0.6 is 11.6 Å². The average Bonchev–Trinajstić information content (AvgIpc) is 3.14. The summed E-state index contributed by atoms with van der Waals surface area (Å²) in [6.45, 7) is 0.716. The van der Waals surface area contributed by atoms with Crippen molar-refractivity contribution in [1.29, 1.82) is 0 Å². The maximum Gasteiger partial charge on any atom is 0.323 e. The van der Waals surface area contributed by atoms with Crippen molar-refractivity contribution in [3.63, 3.8) is 0 Å². The van der Waals surface area contributed by atoms with Gasteiger partial charge in [0.05, 0.1) is 47.8 Å². The number of benzene rings is 3. The number of nitrogens with zero attached hydrogens (tertiary/aromatic N) is 1. The number of anilines is 2. The summed E-state index contributed by atoms with van der Waals surface area (Å²) in [4.78, 5) is 76.3. The molecular formula is C38H37ClN4O14. The average molecular weight is 809 g/mol. The predicted octanol–water partition coefficient (Wildman–Crippen LogP) is 5.37. The van der Waals surface area contributed by atoms with Gasteiger partial charge in [-0.3, -0.25) is 29.0 Å². The van der Waals surface area contributed by atoms with Crippen LogP contribution in [0.25, 0.3) is 10.9 Å². The fourth-order valence-electron chi connectivity index (χ4n) is 6.51. The van der Waals surface area contributed by atoms with Gasteiger partial charge in [-0.15, -0.1) is 0 Å². The number of nitrogens with two attached hydrogens (primary N) is 1. The lowest BCUT2D eigenvalue weighted by Gasteiger charge is -2.45. The summed E-state index contributed by atoms with van der Waals surface area (Å²) in [7, 11) is 1.41. The van der Waals surface area contributed by atoms with E-state index in [1.165, 1.54) is 55.8 Å². The minimum Gasteiger partial charge on any atom is -0.496 e. The Bertz CT molecular complexity index is 2180. The van der Waals surface area contributed by atoms with Crippen LogP contribution in [0.5, 0.6) is 23.0 Å². The van der Waals surface area contributed by atoms with Crippen LogP contribution in [0.1, 0.15) is 36.5 Å². The van der Waals surface area contributed by atoms with Crippen molar-refractivity contribution in [2.75, 3.05) is 24.4 Å². The second-order valence-corrected chi connectivity index (χ2v) is 13.2. The molecule has 19 heteroatoms. The Morgan fingerprint density at radius 3 is 2.09 bits per heavy atom. The highest BCUT2D eigenvalue weighted by Crippen LogP contribution is 2.43. The number of methoxy groups -OCH3 is 1. The van der Waals surface area contributed by atoms with Crippen molar-refractivity contribution in [2.24, 2.45) is 23.5 Å². The van der Waals surface area contributed by atoms with Crippen LogP contribution < -0.4 is 30.6 Å². The highest BCUT2D eigenvalue weighted by molar-refractivity contribution is 6.34.